The number of hydrogen-bond acceptors (Lipinski definition) is 8. The fourth-order valence-electron chi connectivity index (χ4n) is 7.52. The third-order valence-corrected chi connectivity index (χ3v) is 11.6. The second-order valence-electron chi connectivity index (χ2n) is 15.4. The van der Waals surface area contributed by atoms with E-state index in [1.807, 2.05) is 42.5 Å². The van der Waals surface area contributed by atoms with Gasteiger partial charge in [0, 0.05) is 37.3 Å². The first kappa shape index (κ1) is 45.5. The summed E-state index contributed by atoms with van der Waals surface area (Å²) in [4.78, 5) is 15.4. The number of unbranched alkanes of at least 4 members (excludes halogenated alkanes) is 1. The molecule has 6 rings (SSSR count). The highest BCUT2D eigenvalue weighted by Gasteiger charge is 2.31. The number of hydrogen-bond donors (Lipinski definition) is 2. The zero-order valence-corrected chi connectivity index (χ0v) is 35.0. The van der Waals surface area contributed by atoms with E-state index in [-0.39, 0.29) is 5.92 Å². The molecule has 0 amide bonds. The molecule has 2 atom stereocenters. The number of carboxylic acid groups (broad SMARTS) is 1. The summed E-state index contributed by atoms with van der Waals surface area (Å²) >= 11 is 6.07. The molecule has 3 N–H and O–H groups in total. The summed E-state index contributed by atoms with van der Waals surface area (Å²) in [6, 6.07) is 27.0. The molecule has 2 aliphatic heterocycles. The van der Waals surface area contributed by atoms with Crippen molar-refractivity contribution >= 4 is 17.6 Å². The van der Waals surface area contributed by atoms with E-state index < -0.39 is 11.6 Å². The van der Waals surface area contributed by atoms with Gasteiger partial charge in [-0.3, -0.25) is 9.69 Å². The average molecular weight is 795 g/mol. The number of nitrogens with two attached hydrogens (primary N) is 1. The molecule has 2 saturated heterocycles. The Morgan fingerprint density at radius 3 is 2.00 bits per heavy atom. The highest BCUT2D eigenvalue weighted by atomic mass is 35.5. The van der Waals surface area contributed by atoms with Gasteiger partial charge in [-0.15, -0.1) is 0 Å². The summed E-state index contributed by atoms with van der Waals surface area (Å²) in [6.45, 7) is 13.4. The van der Waals surface area contributed by atoms with Crippen LogP contribution in [0.1, 0.15) is 89.2 Å². The Morgan fingerprint density at radius 2 is 1.45 bits per heavy atom. The number of rotatable bonds is 17. The first-order chi connectivity index (χ1) is 27.2. The van der Waals surface area contributed by atoms with E-state index in [1.165, 1.54) is 24.9 Å². The highest BCUT2D eigenvalue weighted by molar-refractivity contribution is 6.30. The van der Waals surface area contributed by atoms with Gasteiger partial charge in [-0.2, -0.15) is 0 Å². The molecule has 3 aliphatic rings. The van der Waals surface area contributed by atoms with Crippen LogP contribution in [0.5, 0.6) is 11.5 Å². The summed E-state index contributed by atoms with van der Waals surface area (Å²) < 4.78 is 23.2. The molecule has 310 valence electrons. The van der Waals surface area contributed by atoms with Gasteiger partial charge < -0.3 is 34.7 Å². The van der Waals surface area contributed by atoms with E-state index in [9.17, 15) is 4.79 Å². The van der Waals surface area contributed by atoms with Gasteiger partial charge in [0.05, 0.1) is 32.3 Å². The van der Waals surface area contributed by atoms with Crippen molar-refractivity contribution in [3.63, 3.8) is 0 Å². The lowest BCUT2D eigenvalue weighted by atomic mass is 9.82. The molecule has 2 heterocycles. The third-order valence-electron chi connectivity index (χ3n) is 11.3. The van der Waals surface area contributed by atoms with Crippen LogP contribution in [0.25, 0.3) is 0 Å². The van der Waals surface area contributed by atoms with Crippen molar-refractivity contribution in [2.75, 3.05) is 72.8 Å². The molecular formula is C46H68ClN3O6. The van der Waals surface area contributed by atoms with Gasteiger partial charge in [0.15, 0.2) is 0 Å². The van der Waals surface area contributed by atoms with Gasteiger partial charge in [-0.1, -0.05) is 67.4 Å². The lowest BCUT2D eigenvalue weighted by Gasteiger charge is -2.32. The predicted molar refractivity (Wildman–Crippen MR) is 227 cm³/mol. The number of likely N-dealkylation sites (tertiary alicyclic amines) is 1. The maximum Gasteiger partial charge on any atom is 0.306 e. The molecule has 9 nitrogen and oxygen atoms in total. The number of halogens is 1. The maximum atomic E-state index is 10.5. The molecule has 1 aliphatic carbocycles. The Kier molecular flexibility index (Phi) is 20.5. The average Bonchev–Trinajstić information content (AvgIpc) is 3.65. The fraction of sp³-hybridized carbons (Fsp3) is 0.587. The van der Waals surface area contributed by atoms with Gasteiger partial charge >= 0.3 is 5.97 Å². The molecule has 3 aromatic carbocycles. The topological polar surface area (TPSA) is 107 Å². The Labute approximate surface area is 341 Å². The molecule has 56 heavy (non-hydrogen) atoms. The number of ether oxygens (including phenoxy) is 4. The van der Waals surface area contributed by atoms with Crippen LogP contribution in [0.4, 0.5) is 0 Å². The second kappa shape index (κ2) is 25.2. The van der Waals surface area contributed by atoms with Crippen molar-refractivity contribution in [2.24, 2.45) is 17.6 Å². The summed E-state index contributed by atoms with van der Waals surface area (Å²) in [6.07, 6.45) is 10.6. The van der Waals surface area contributed by atoms with E-state index in [4.69, 9.17) is 41.4 Å². The van der Waals surface area contributed by atoms with Gasteiger partial charge in [0.25, 0.3) is 0 Å². The molecule has 3 aromatic rings. The van der Waals surface area contributed by atoms with Crippen LogP contribution < -0.4 is 15.2 Å². The molecule has 3 fully saturated rings. The van der Waals surface area contributed by atoms with Crippen molar-refractivity contribution in [1.82, 2.24) is 9.80 Å². The van der Waals surface area contributed by atoms with Crippen LogP contribution >= 0.6 is 11.6 Å². The SMILES string of the molecule is CCCCOc1ccc(OCCCN2CCOCC2)cc1.CN1CCC[C@@H]1CCO[C@](C)(c1ccccc1)c1ccc(Cl)cc1.NCC1CCC(C(=O)O)CC1. The Morgan fingerprint density at radius 1 is 0.839 bits per heavy atom. The first-order valence-electron chi connectivity index (χ1n) is 21.0. The summed E-state index contributed by atoms with van der Waals surface area (Å²) in [7, 11) is 2.22. The molecular weight excluding hydrogens is 726 g/mol. The maximum absolute atomic E-state index is 10.5. The molecule has 1 saturated carbocycles. The minimum atomic E-state index is -0.638. The summed E-state index contributed by atoms with van der Waals surface area (Å²) in [5.74, 6) is 1.67. The van der Waals surface area contributed by atoms with Crippen LogP contribution in [0, 0.1) is 11.8 Å². The number of morpholine rings is 1. The number of carbonyl (C=O) groups is 1. The van der Waals surface area contributed by atoms with Gasteiger partial charge in [-0.25, -0.2) is 0 Å². The Balaban J connectivity index is 0.000000199. The third kappa shape index (κ3) is 15.6. The van der Waals surface area contributed by atoms with Crippen molar-refractivity contribution in [1.29, 1.82) is 0 Å². The van der Waals surface area contributed by atoms with Crippen LogP contribution in [-0.4, -0.2) is 99.7 Å². The quantitative estimate of drug-likeness (QED) is 0.130. The fourth-order valence-corrected chi connectivity index (χ4v) is 7.64. The summed E-state index contributed by atoms with van der Waals surface area (Å²) in [5, 5.41) is 9.42. The molecule has 0 unspecified atom stereocenters. The van der Waals surface area contributed by atoms with Crippen LogP contribution in [0.3, 0.4) is 0 Å². The zero-order chi connectivity index (χ0) is 40.0. The number of carboxylic acids is 1. The monoisotopic (exact) mass is 793 g/mol. The minimum Gasteiger partial charge on any atom is -0.494 e. The van der Waals surface area contributed by atoms with Crippen LogP contribution in [-0.2, 0) is 19.9 Å². The van der Waals surface area contributed by atoms with Gasteiger partial charge in [0.2, 0.25) is 0 Å². The lowest BCUT2D eigenvalue weighted by Crippen LogP contribution is -2.37. The molecule has 0 spiro atoms. The Hall–Kier alpha value is -3.18. The highest BCUT2D eigenvalue weighted by Crippen LogP contribution is 2.35. The minimum absolute atomic E-state index is 0.0993. The molecule has 10 heteroatoms. The zero-order valence-electron chi connectivity index (χ0n) is 34.2. The van der Waals surface area contributed by atoms with Crippen molar-refractivity contribution in [3.05, 3.63) is 95.0 Å². The largest absolute Gasteiger partial charge is 0.494 e. The number of nitrogens with zero attached hydrogens (tertiary/aromatic N) is 2. The van der Waals surface area contributed by atoms with Gasteiger partial charge in [0.1, 0.15) is 17.1 Å². The van der Waals surface area contributed by atoms with Crippen LogP contribution in [0.15, 0.2) is 78.9 Å². The smallest absolute Gasteiger partial charge is 0.306 e. The van der Waals surface area contributed by atoms with Crippen molar-refractivity contribution < 1.29 is 28.8 Å². The van der Waals surface area contributed by atoms with Gasteiger partial charge in [-0.05, 0) is 138 Å². The van der Waals surface area contributed by atoms with Crippen molar-refractivity contribution in [2.45, 2.75) is 89.7 Å². The van der Waals surface area contributed by atoms with E-state index in [0.717, 1.165) is 126 Å². The number of benzene rings is 3. The van der Waals surface area contributed by atoms with E-state index in [0.29, 0.717) is 18.5 Å². The predicted octanol–water partition coefficient (Wildman–Crippen LogP) is 8.91. The molecule has 0 bridgehead atoms. The molecule has 0 aromatic heterocycles. The Bertz CT molecular complexity index is 1480. The first-order valence-corrected chi connectivity index (χ1v) is 21.3. The summed E-state index contributed by atoms with van der Waals surface area (Å²) in [5.41, 5.74) is 7.33. The van der Waals surface area contributed by atoms with E-state index in [1.54, 1.807) is 0 Å². The molecule has 0 radical (unpaired) electrons. The van der Waals surface area contributed by atoms with E-state index >= 15 is 0 Å². The number of aliphatic carboxylic acids is 1. The standard InChI is InChI=1S/C21H26ClNO.C17H27NO3.C8H15NO2/c1-21(17-7-4-3-5-8-17,18-10-12-19(22)13-11-18)24-16-14-20-9-6-15-23(20)2;1-2-3-12-20-16-5-7-17(8-6-16)21-13-4-9-18-10-14-19-15-11-18;9-5-6-1-3-7(4-2-6)8(10)11/h3-5,7-8,10-13,20H,6,9,14-16H2,1-2H3;5-8H,2-4,9-15H2,1H3;6-7H,1-5,9H2,(H,10,11)/t20-,21-;;/m1../s1. The second-order valence-corrected chi connectivity index (χ2v) is 15.9. The van der Waals surface area contributed by atoms with Crippen molar-refractivity contribution in [3.8, 4) is 11.5 Å². The van der Waals surface area contributed by atoms with Crippen LogP contribution in [0.2, 0.25) is 5.02 Å². The van der Waals surface area contributed by atoms with E-state index in [2.05, 4.69) is 67.1 Å². The normalized spacial score (nSPS) is 21.1. The lowest BCUT2D eigenvalue weighted by molar-refractivity contribution is -0.143.